The van der Waals surface area contributed by atoms with Gasteiger partial charge < -0.3 is 19.5 Å². The highest BCUT2D eigenvalue weighted by atomic mass is 16.5. The van der Waals surface area contributed by atoms with E-state index in [4.69, 9.17) is 14.2 Å². The summed E-state index contributed by atoms with van der Waals surface area (Å²) >= 11 is 0. The van der Waals surface area contributed by atoms with Crippen molar-refractivity contribution in [3.8, 4) is 11.5 Å². The second-order valence-corrected chi connectivity index (χ2v) is 5.19. The SMILES string of the molecule is COCCOc1ccc(CNC2CCCC2)cc1OC. The predicted molar refractivity (Wildman–Crippen MR) is 79.5 cm³/mol. The zero-order valence-electron chi connectivity index (χ0n) is 12.5. The smallest absolute Gasteiger partial charge is 0.161 e. The van der Waals surface area contributed by atoms with Crippen molar-refractivity contribution >= 4 is 0 Å². The van der Waals surface area contributed by atoms with Gasteiger partial charge in [0.05, 0.1) is 13.7 Å². The van der Waals surface area contributed by atoms with Gasteiger partial charge in [0.1, 0.15) is 6.61 Å². The molecule has 0 spiro atoms. The molecule has 4 heteroatoms. The maximum Gasteiger partial charge on any atom is 0.161 e. The van der Waals surface area contributed by atoms with Crippen molar-refractivity contribution in [2.45, 2.75) is 38.3 Å². The summed E-state index contributed by atoms with van der Waals surface area (Å²) in [5.74, 6) is 1.56. The van der Waals surface area contributed by atoms with Crippen molar-refractivity contribution < 1.29 is 14.2 Å². The van der Waals surface area contributed by atoms with Gasteiger partial charge in [-0.25, -0.2) is 0 Å². The molecular formula is C16H25NO3. The molecule has 112 valence electrons. The Kier molecular flexibility index (Phi) is 6.15. The van der Waals surface area contributed by atoms with E-state index in [1.165, 1.54) is 31.2 Å². The van der Waals surface area contributed by atoms with Crippen molar-refractivity contribution in [2.24, 2.45) is 0 Å². The maximum absolute atomic E-state index is 5.63. The van der Waals surface area contributed by atoms with E-state index in [9.17, 15) is 0 Å². The van der Waals surface area contributed by atoms with Gasteiger partial charge in [-0.05, 0) is 30.5 Å². The lowest BCUT2D eigenvalue weighted by Gasteiger charge is -2.14. The molecule has 1 aromatic carbocycles. The lowest BCUT2D eigenvalue weighted by molar-refractivity contribution is 0.144. The van der Waals surface area contributed by atoms with Crippen molar-refractivity contribution in [1.82, 2.24) is 5.32 Å². The maximum atomic E-state index is 5.63. The molecule has 0 heterocycles. The molecule has 2 rings (SSSR count). The summed E-state index contributed by atoms with van der Waals surface area (Å²) in [5, 5.41) is 3.60. The highest BCUT2D eigenvalue weighted by Gasteiger charge is 2.14. The van der Waals surface area contributed by atoms with Crippen LogP contribution in [0, 0.1) is 0 Å². The molecule has 1 aliphatic rings. The van der Waals surface area contributed by atoms with E-state index in [1.807, 2.05) is 12.1 Å². The number of hydrogen-bond acceptors (Lipinski definition) is 4. The van der Waals surface area contributed by atoms with Gasteiger partial charge in [0.15, 0.2) is 11.5 Å². The molecule has 1 saturated carbocycles. The first kappa shape index (κ1) is 15.1. The Labute approximate surface area is 121 Å². The lowest BCUT2D eigenvalue weighted by atomic mass is 10.1. The van der Waals surface area contributed by atoms with Crippen LogP contribution in [0.1, 0.15) is 31.2 Å². The third-order valence-corrected chi connectivity index (χ3v) is 3.72. The quantitative estimate of drug-likeness (QED) is 0.743. The van der Waals surface area contributed by atoms with Crippen LogP contribution >= 0.6 is 0 Å². The first-order valence-corrected chi connectivity index (χ1v) is 7.35. The molecule has 1 aliphatic carbocycles. The second-order valence-electron chi connectivity index (χ2n) is 5.19. The summed E-state index contributed by atoms with van der Waals surface area (Å²) in [6, 6.07) is 6.79. The molecule has 4 nitrogen and oxygen atoms in total. The van der Waals surface area contributed by atoms with Crippen molar-refractivity contribution in [1.29, 1.82) is 0 Å². The zero-order chi connectivity index (χ0) is 14.2. The minimum absolute atomic E-state index is 0.534. The Morgan fingerprint density at radius 1 is 1.10 bits per heavy atom. The van der Waals surface area contributed by atoms with Crippen LogP contribution in [0.5, 0.6) is 11.5 Å². The monoisotopic (exact) mass is 279 g/mol. The first-order chi connectivity index (χ1) is 9.83. The van der Waals surface area contributed by atoms with E-state index in [1.54, 1.807) is 14.2 Å². The van der Waals surface area contributed by atoms with Gasteiger partial charge in [-0.2, -0.15) is 0 Å². The van der Waals surface area contributed by atoms with Crippen molar-refractivity contribution in [3.05, 3.63) is 23.8 Å². The Bertz CT molecular complexity index is 403. The number of rotatable bonds is 8. The molecule has 0 aromatic heterocycles. The number of hydrogen-bond donors (Lipinski definition) is 1. The summed E-state index contributed by atoms with van der Waals surface area (Å²) in [5.41, 5.74) is 1.23. The number of nitrogens with one attached hydrogen (secondary N) is 1. The van der Waals surface area contributed by atoms with Gasteiger partial charge in [0.2, 0.25) is 0 Å². The minimum Gasteiger partial charge on any atom is -0.493 e. The molecule has 1 aromatic rings. The molecule has 20 heavy (non-hydrogen) atoms. The Balaban J connectivity index is 1.89. The van der Waals surface area contributed by atoms with Gasteiger partial charge in [-0.1, -0.05) is 18.9 Å². The molecular weight excluding hydrogens is 254 g/mol. The minimum atomic E-state index is 0.534. The van der Waals surface area contributed by atoms with Crippen molar-refractivity contribution in [3.63, 3.8) is 0 Å². The van der Waals surface area contributed by atoms with E-state index in [2.05, 4.69) is 11.4 Å². The summed E-state index contributed by atoms with van der Waals surface area (Å²) in [6.45, 7) is 2.00. The fraction of sp³-hybridized carbons (Fsp3) is 0.625. The Morgan fingerprint density at radius 2 is 1.90 bits per heavy atom. The van der Waals surface area contributed by atoms with Gasteiger partial charge in [-0.15, -0.1) is 0 Å². The Morgan fingerprint density at radius 3 is 2.60 bits per heavy atom. The molecule has 1 N–H and O–H groups in total. The fourth-order valence-corrected chi connectivity index (χ4v) is 2.57. The first-order valence-electron chi connectivity index (χ1n) is 7.35. The third kappa shape index (κ3) is 4.39. The molecule has 0 bridgehead atoms. The molecule has 0 radical (unpaired) electrons. The normalized spacial score (nSPS) is 15.5. The van der Waals surface area contributed by atoms with Crippen LogP contribution in [0.4, 0.5) is 0 Å². The van der Waals surface area contributed by atoms with Gasteiger partial charge in [0.25, 0.3) is 0 Å². The fourth-order valence-electron chi connectivity index (χ4n) is 2.57. The van der Waals surface area contributed by atoms with Gasteiger partial charge >= 0.3 is 0 Å². The van der Waals surface area contributed by atoms with E-state index in [0.29, 0.717) is 19.3 Å². The molecule has 1 fully saturated rings. The Hall–Kier alpha value is -1.26. The molecule has 0 unspecified atom stereocenters. The van der Waals surface area contributed by atoms with E-state index in [-0.39, 0.29) is 0 Å². The largest absolute Gasteiger partial charge is 0.493 e. The predicted octanol–water partition coefficient (Wildman–Crippen LogP) is 2.75. The summed E-state index contributed by atoms with van der Waals surface area (Å²) in [4.78, 5) is 0. The topological polar surface area (TPSA) is 39.7 Å². The number of ether oxygens (including phenoxy) is 3. The van der Waals surface area contributed by atoms with Crippen LogP contribution in [0.25, 0.3) is 0 Å². The van der Waals surface area contributed by atoms with Gasteiger partial charge in [-0.3, -0.25) is 0 Å². The highest BCUT2D eigenvalue weighted by molar-refractivity contribution is 5.42. The van der Waals surface area contributed by atoms with Gasteiger partial charge in [0, 0.05) is 19.7 Å². The summed E-state index contributed by atoms with van der Waals surface area (Å²) in [6.07, 6.45) is 5.31. The summed E-state index contributed by atoms with van der Waals surface area (Å²) < 4.78 is 16.0. The molecule has 0 saturated heterocycles. The average molecular weight is 279 g/mol. The van der Waals surface area contributed by atoms with Crippen LogP contribution in [-0.2, 0) is 11.3 Å². The van der Waals surface area contributed by atoms with Crippen LogP contribution in [0.15, 0.2) is 18.2 Å². The molecule has 0 atom stereocenters. The molecule has 0 aliphatic heterocycles. The van der Waals surface area contributed by atoms with Crippen LogP contribution in [-0.4, -0.2) is 33.5 Å². The average Bonchev–Trinajstić information content (AvgIpc) is 2.99. The van der Waals surface area contributed by atoms with Crippen LogP contribution in [0.3, 0.4) is 0 Å². The third-order valence-electron chi connectivity index (χ3n) is 3.72. The number of methoxy groups -OCH3 is 2. The molecule has 0 amide bonds. The lowest BCUT2D eigenvalue weighted by Crippen LogP contribution is -2.25. The van der Waals surface area contributed by atoms with E-state index in [0.717, 1.165) is 18.0 Å². The van der Waals surface area contributed by atoms with Crippen LogP contribution < -0.4 is 14.8 Å². The van der Waals surface area contributed by atoms with Crippen LogP contribution in [0.2, 0.25) is 0 Å². The van der Waals surface area contributed by atoms with Crippen molar-refractivity contribution in [2.75, 3.05) is 27.4 Å². The second kappa shape index (κ2) is 8.12. The standard InChI is InChI=1S/C16H25NO3/c1-18-9-10-20-15-8-7-13(11-16(15)19-2)12-17-14-5-3-4-6-14/h7-8,11,14,17H,3-6,9-10,12H2,1-2H3. The zero-order valence-corrected chi connectivity index (χ0v) is 12.5. The number of benzene rings is 1. The van der Waals surface area contributed by atoms with E-state index >= 15 is 0 Å². The van der Waals surface area contributed by atoms with E-state index < -0.39 is 0 Å². The highest BCUT2D eigenvalue weighted by Crippen LogP contribution is 2.28. The summed E-state index contributed by atoms with van der Waals surface area (Å²) in [7, 11) is 3.34.